The quantitative estimate of drug-likeness (QED) is 0.876. The number of hydrogen-bond donors (Lipinski definition) is 2. The molecule has 0 radical (unpaired) electrons. The molecule has 0 bridgehead atoms. The Bertz CT molecular complexity index is 487. The van der Waals surface area contributed by atoms with Gasteiger partial charge in [0.05, 0.1) is 12.1 Å². The molecule has 4 nitrogen and oxygen atoms in total. The van der Waals surface area contributed by atoms with Crippen LogP contribution in [-0.4, -0.2) is 18.1 Å². The van der Waals surface area contributed by atoms with Crippen LogP contribution in [0.3, 0.4) is 0 Å². The maximum Gasteiger partial charge on any atom is 0.223 e. The first-order valence-corrected chi connectivity index (χ1v) is 7.79. The topological polar surface area (TPSA) is 64.3 Å². The van der Waals surface area contributed by atoms with E-state index in [-0.39, 0.29) is 30.0 Å². The first-order valence-electron chi connectivity index (χ1n) is 7.79. The largest absolute Gasteiger partial charge is 0.491 e. The molecule has 21 heavy (non-hydrogen) atoms. The third-order valence-corrected chi connectivity index (χ3v) is 3.95. The SMILES string of the molecule is CC(C)Oc1ccccc1C(C)NC(=O)C1CCC(N)C1. The van der Waals surface area contributed by atoms with E-state index < -0.39 is 0 Å². The van der Waals surface area contributed by atoms with E-state index >= 15 is 0 Å². The number of benzene rings is 1. The van der Waals surface area contributed by atoms with Crippen molar-refractivity contribution in [1.82, 2.24) is 5.32 Å². The van der Waals surface area contributed by atoms with Gasteiger partial charge in [-0.15, -0.1) is 0 Å². The molecule has 1 aliphatic carbocycles. The summed E-state index contributed by atoms with van der Waals surface area (Å²) in [4.78, 5) is 12.3. The molecule has 3 unspecified atom stereocenters. The van der Waals surface area contributed by atoms with Crippen LogP contribution in [0.15, 0.2) is 24.3 Å². The summed E-state index contributed by atoms with van der Waals surface area (Å²) in [6, 6.07) is 7.98. The van der Waals surface area contributed by atoms with E-state index in [9.17, 15) is 4.79 Å². The molecular weight excluding hydrogens is 264 g/mol. The Hall–Kier alpha value is -1.55. The second kappa shape index (κ2) is 6.94. The number of rotatable bonds is 5. The summed E-state index contributed by atoms with van der Waals surface area (Å²) < 4.78 is 5.82. The van der Waals surface area contributed by atoms with Crippen LogP contribution in [0.1, 0.15) is 51.6 Å². The molecule has 4 heteroatoms. The Morgan fingerprint density at radius 2 is 2.00 bits per heavy atom. The van der Waals surface area contributed by atoms with E-state index in [4.69, 9.17) is 10.5 Å². The van der Waals surface area contributed by atoms with Crippen LogP contribution in [0.5, 0.6) is 5.75 Å². The number of amides is 1. The van der Waals surface area contributed by atoms with Crippen LogP contribution < -0.4 is 15.8 Å². The van der Waals surface area contributed by atoms with Gasteiger partial charge in [-0.3, -0.25) is 4.79 Å². The lowest BCUT2D eigenvalue weighted by Gasteiger charge is -2.21. The van der Waals surface area contributed by atoms with Gasteiger partial charge in [0.1, 0.15) is 5.75 Å². The maximum absolute atomic E-state index is 12.3. The molecule has 0 saturated heterocycles. The van der Waals surface area contributed by atoms with Gasteiger partial charge in [-0.05, 0) is 46.1 Å². The zero-order chi connectivity index (χ0) is 15.4. The highest BCUT2D eigenvalue weighted by Gasteiger charge is 2.28. The fourth-order valence-corrected chi connectivity index (χ4v) is 2.86. The van der Waals surface area contributed by atoms with Gasteiger partial charge in [-0.25, -0.2) is 0 Å². The monoisotopic (exact) mass is 290 g/mol. The minimum atomic E-state index is -0.0655. The summed E-state index contributed by atoms with van der Waals surface area (Å²) in [7, 11) is 0. The molecule has 1 aromatic rings. The third kappa shape index (κ3) is 4.21. The van der Waals surface area contributed by atoms with Crippen LogP contribution in [0.2, 0.25) is 0 Å². The molecule has 1 fully saturated rings. The molecule has 116 valence electrons. The number of carbonyl (C=O) groups is 1. The zero-order valence-electron chi connectivity index (χ0n) is 13.1. The van der Waals surface area contributed by atoms with Crippen molar-refractivity contribution in [3.05, 3.63) is 29.8 Å². The number of nitrogens with two attached hydrogens (primary N) is 1. The Labute approximate surface area is 127 Å². The van der Waals surface area contributed by atoms with Crippen molar-refractivity contribution in [2.45, 2.75) is 58.2 Å². The highest BCUT2D eigenvalue weighted by atomic mass is 16.5. The number of carbonyl (C=O) groups excluding carboxylic acids is 1. The lowest BCUT2D eigenvalue weighted by Crippen LogP contribution is -2.32. The van der Waals surface area contributed by atoms with Crippen molar-refractivity contribution in [1.29, 1.82) is 0 Å². The van der Waals surface area contributed by atoms with Crippen molar-refractivity contribution in [3.8, 4) is 5.75 Å². The normalized spacial score (nSPS) is 23.1. The Morgan fingerprint density at radius 1 is 1.29 bits per heavy atom. The summed E-state index contributed by atoms with van der Waals surface area (Å²) in [5.41, 5.74) is 6.90. The summed E-state index contributed by atoms with van der Waals surface area (Å²) in [6.07, 6.45) is 2.74. The predicted octanol–water partition coefficient (Wildman–Crippen LogP) is 2.78. The molecule has 2 rings (SSSR count). The van der Waals surface area contributed by atoms with Gasteiger partial charge >= 0.3 is 0 Å². The van der Waals surface area contributed by atoms with Crippen LogP contribution >= 0.6 is 0 Å². The van der Waals surface area contributed by atoms with E-state index in [1.54, 1.807) is 0 Å². The number of hydrogen-bond acceptors (Lipinski definition) is 3. The van der Waals surface area contributed by atoms with E-state index in [2.05, 4.69) is 5.32 Å². The van der Waals surface area contributed by atoms with Gasteiger partial charge in [-0.2, -0.15) is 0 Å². The summed E-state index contributed by atoms with van der Waals surface area (Å²) in [5.74, 6) is 0.999. The fourth-order valence-electron chi connectivity index (χ4n) is 2.86. The molecule has 1 amide bonds. The van der Waals surface area contributed by atoms with Gasteiger partial charge in [0.15, 0.2) is 0 Å². The number of ether oxygens (including phenoxy) is 1. The summed E-state index contributed by atoms with van der Waals surface area (Å²) >= 11 is 0. The van der Waals surface area contributed by atoms with Crippen molar-refractivity contribution in [3.63, 3.8) is 0 Å². The zero-order valence-corrected chi connectivity index (χ0v) is 13.1. The Balaban J connectivity index is 2.03. The molecule has 1 saturated carbocycles. The summed E-state index contributed by atoms with van der Waals surface area (Å²) in [6.45, 7) is 6.00. The first kappa shape index (κ1) is 15.8. The van der Waals surface area contributed by atoms with Crippen LogP contribution in [-0.2, 0) is 4.79 Å². The highest BCUT2D eigenvalue weighted by molar-refractivity contribution is 5.79. The van der Waals surface area contributed by atoms with E-state index in [0.29, 0.717) is 0 Å². The van der Waals surface area contributed by atoms with Gasteiger partial charge in [0, 0.05) is 17.5 Å². The van der Waals surface area contributed by atoms with Crippen LogP contribution in [0.4, 0.5) is 0 Å². The average Bonchev–Trinajstić information content (AvgIpc) is 2.85. The Morgan fingerprint density at radius 3 is 2.62 bits per heavy atom. The maximum atomic E-state index is 12.3. The van der Waals surface area contributed by atoms with Crippen molar-refractivity contribution in [2.24, 2.45) is 11.7 Å². The van der Waals surface area contributed by atoms with E-state index in [0.717, 1.165) is 30.6 Å². The van der Waals surface area contributed by atoms with Crippen molar-refractivity contribution >= 4 is 5.91 Å². The standard InChI is InChI=1S/C17H26N2O2/c1-11(2)21-16-7-5-4-6-15(16)12(3)19-17(20)13-8-9-14(18)10-13/h4-7,11-14H,8-10,18H2,1-3H3,(H,19,20). The molecule has 0 spiro atoms. The molecule has 1 aromatic carbocycles. The van der Waals surface area contributed by atoms with Gasteiger partial charge in [0.25, 0.3) is 0 Å². The molecule has 3 N–H and O–H groups in total. The predicted molar refractivity (Wildman–Crippen MR) is 84.1 cm³/mol. The molecule has 0 aliphatic heterocycles. The van der Waals surface area contributed by atoms with Crippen LogP contribution in [0, 0.1) is 5.92 Å². The summed E-state index contributed by atoms with van der Waals surface area (Å²) in [5, 5.41) is 3.10. The molecule has 1 aliphatic rings. The van der Waals surface area contributed by atoms with Gasteiger partial charge in [-0.1, -0.05) is 18.2 Å². The van der Waals surface area contributed by atoms with Crippen molar-refractivity contribution < 1.29 is 9.53 Å². The van der Waals surface area contributed by atoms with Gasteiger partial charge < -0.3 is 15.8 Å². The highest BCUT2D eigenvalue weighted by Crippen LogP contribution is 2.28. The number of para-hydroxylation sites is 1. The minimum Gasteiger partial charge on any atom is -0.491 e. The van der Waals surface area contributed by atoms with Crippen molar-refractivity contribution in [2.75, 3.05) is 0 Å². The molecule has 3 atom stereocenters. The second-order valence-corrected chi connectivity index (χ2v) is 6.20. The molecule has 0 heterocycles. The smallest absolute Gasteiger partial charge is 0.223 e. The third-order valence-electron chi connectivity index (χ3n) is 3.95. The lowest BCUT2D eigenvalue weighted by molar-refractivity contribution is -0.125. The van der Waals surface area contributed by atoms with E-state index in [1.807, 2.05) is 45.0 Å². The molecular formula is C17H26N2O2. The average molecular weight is 290 g/mol. The van der Waals surface area contributed by atoms with Gasteiger partial charge in [0.2, 0.25) is 5.91 Å². The number of nitrogens with one attached hydrogen (secondary N) is 1. The lowest BCUT2D eigenvalue weighted by atomic mass is 10.0. The van der Waals surface area contributed by atoms with E-state index in [1.165, 1.54) is 0 Å². The first-order chi connectivity index (χ1) is 9.97. The second-order valence-electron chi connectivity index (χ2n) is 6.20. The molecule has 0 aromatic heterocycles. The minimum absolute atomic E-state index is 0.0561. The Kier molecular flexibility index (Phi) is 5.23. The fraction of sp³-hybridized carbons (Fsp3) is 0.588. The van der Waals surface area contributed by atoms with Crippen LogP contribution in [0.25, 0.3) is 0 Å².